The summed E-state index contributed by atoms with van der Waals surface area (Å²) in [4.78, 5) is 0. The molecule has 1 nitrogen and oxygen atoms in total. The minimum atomic E-state index is -0.167. The first-order chi connectivity index (χ1) is 3.39. The van der Waals surface area contributed by atoms with E-state index in [9.17, 15) is 5.11 Å². The van der Waals surface area contributed by atoms with Gasteiger partial charge in [0.1, 0.15) is 0 Å². The predicted molar refractivity (Wildman–Crippen MR) is 27.2 cm³/mol. The van der Waals surface area contributed by atoms with Gasteiger partial charge in [0.05, 0.1) is 6.10 Å². The summed E-state index contributed by atoms with van der Waals surface area (Å²) in [6.07, 6.45) is 6.69. The molecule has 2 rings (SSSR count). The molecule has 0 bridgehead atoms. The zero-order valence-electron chi connectivity index (χ0n) is 4.39. The summed E-state index contributed by atoms with van der Waals surface area (Å²) in [7, 11) is 0. The van der Waals surface area contributed by atoms with Crippen molar-refractivity contribution in [3.63, 3.8) is 0 Å². The molecule has 0 aromatic heterocycles. The van der Waals surface area contributed by atoms with Crippen molar-refractivity contribution in [1.82, 2.24) is 0 Å². The number of hydrogen-bond acceptors (Lipinski definition) is 0. The maximum absolute atomic E-state index is 9.64. The van der Waals surface area contributed by atoms with Gasteiger partial charge in [0, 0.05) is 0 Å². The van der Waals surface area contributed by atoms with Crippen LogP contribution in [0.4, 0.5) is 0 Å². The Morgan fingerprint density at radius 3 is 1.57 bits per heavy atom. The summed E-state index contributed by atoms with van der Waals surface area (Å²) < 4.78 is 0. The fraction of sp³-hybridized carbons (Fsp3) is 0.833. The average molecular weight is 98.1 g/mol. The van der Waals surface area contributed by atoms with Gasteiger partial charge in [0.2, 0.25) is 0 Å². The highest BCUT2D eigenvalue weighted by Crippen LogP contribution is 2.17. The van der Waals surface area contributed by atoms with E-state index in [1.807, 2.05) is 0 Å². The smallest absolute Gasteiger partial charge is 0.0932 e. The SMILES string of the molecule is [CH]1CC1.[O]C1CC1. The van der Waals surface area contributed by atoms with Crippen LogP contribution in [0.3, 0.4) is 0 Å². The summed E-state index contributed by atoms with van der Waals surface area (Å²) in [5, 5.41) is 9.64. The zero-order valence-corrected chi connectivity index (χ0v) is 4.39. The number of hydrogen-bond donors (Lipinski definition) is 0. The lowest BCUT2D eigenvalue weighted by Gasteiger charge is -1.50. The van der Waals surface area contributed by atoms with E-state index in [1.165, 1.54) is 12.8 Å². The van der Waals surface area contributed by atoms with Gasteiger partial charge in [0.25, 0.3) is 0 Å². The molecule has 0 aromatic rings. The summed E-state index contributed by atoms with van der Waals surface area (Å²) >= 11 is 0. The molecule has 2 fully saturated rings. The Morgan fingerprint density at radius 1 is 1.29 bits per heavy atom. The molecule has 40 valence electrons. The van der Waals surface area contributed by atoms with Crippen LogP contribution in [0, 0.1) is 6.42 Å². The van der Waals surface area contributed by atoms with Crippen molar-refractivity contribution in [2.45, 2.75) is 31.8 Å². The van der Waals surface area contributed by atoms with Crippen LogP contribution in [0.5, 0.6) is 0 Å². The summed E-state index contributed by atoms with van der Waals surface area (Å²) in [6, 6.07) is 0. The maximum atomic E-state index is 9.64. The van der Waals surface area contributed by atoms with Crippen molar-refractivity contribution in [1.29, 1.82) is 0 Å². The van der Waals surface area contributed by atoms with Crippen LogP contribution in [0.1, 0.15) is 25.7 Å². The second-order valence-electron chi connectivity index (χ2n) is 2.07. The van der Waals surface area contributed by atoms with Crippen LogP contribution in [-0.4, -0.2) is 6.10 Å². The molecule has 0 saturated heterocycles. The van der Waals surface area contributed by atoms with Crippen molar-refractivity contribution in [3.8, 4) is 0 Å². The van der Waals surface area contributed by atoms with Gasteiger partial charge in [-0.1, -0.05) is 0 Å². The molecule has 0 heterocycles. The van der Waals surface area contributed by atoms with Gasteiger partial charge in [-0.15, -0.1) is 0 Å². The van der Waals surface area contributed by atoms with Crippen molar-refractivity contribution in [3.05, 3.63) is 6.42 Å². The molecule has 0 aliphatic heterocycles. The fourth-order valence-electron chi connectivity index (χ4n) is 0.0680. The van der Waals surface area contributed by atoms with E-state index in [-0.39, 0.29) is 6.10 Å². The first-order valence-corrected chi connectivity index (χ1v) is 2.87. The van der Waals surface area contributed by atoms with Crippen molar-refractivity contribution >= 4 is 0 Å². The second kappa shape index (κ2) is 2.31. The van der Waals surface area contributed by atoms with Crippen LogP contribution >= 0.6 is 0 Å². The van der Waals surface area contributed by atoms with Crippen LogP contribution in [0.2, 0.25) is 0 Å². The van der Waals surface area contributed by atoms with Crippen molar-refractivity contribution in [2.24, 2.45) is 0 Å². The summed E-state index contributed by atoms with van der Waals surface area (Å²) in [5.41, 5.74) is 0. The van der Waals surface area contributed by atoms with Gasteiger partial charge >= 0.3 is 0 Å². The molecule has 2 aliphatic carbocycles. The van der Waals surface area contributed by atoms with Gasteiger partial charge in [-0.05, 0) is 32.1 Å². The molecular weight excluding hydrogens is 88.1 g/mol. The zero-order chi connectivity index (χ0) is 5.11. The monoisotopic (exact) mass is 98.1 g/mol. The molecule has 0 atom stereocenters. The lowest BCUT2D eigenvalue weighted by molar-refractivity contribution is 0.175. The van der Waals surface area contributed by atoms with Crippen LogP contribution in [0.25, 0.3) is 0 Å². The largest absolute Gasteiger partial charge is 0.233 e. The molecule has 0 N–H and O–H groups in total. The van der Waals surface area contributed by atoms with E-state index < -0.39 is 0 Å². The minimum Gasteiger partial charge on any atom is -0.233 e. The van der Waals surface area contributed by atoms with E-state index in [0.717, 1.165) is 12.8 Å². The van der Waals surface area contributed by atoms with Gasteiger partial charge in [-0.2, -0.15) is 0 Å². The van der Waals surface area contributed by atoms with Crippen molar-refractivity contribution < 1.29 is 5.11 Å². The highest BCUT2D eigenvalue weighted by Gasteiger charge is 2.18. The van der Waals surface area contributed by atoms with E-state index in [0.29, 0.717) is 0 Å². The highest BCUT2D eigenvalue weighted by atomic mass is 16.3. The summed E-state index contributed by atoms with van der Waals surface area (Å²) in [6.45, 7) is 0. The third-order valence-corrected chi connectivity index (χ3v) is 0.813. The predicted octanol–water partition coefficient (Wildman–Crippen LogP) is 1.56. The third-order valence-electron chi connectivity index (χ3n) is 0.813. The maximum Gasteiger partial charge on any atom is 0.0932 e. The molecular formula is C6H10O. The lowest BCUT2D eigenvalue weighted by atomic mass is 10.9. The average Bonchev–Trinajstić information content (AvgIpc) is 2.27. The Hall–Kier alpha value is -0.0400. The van der Waals surface area contributed by atoms with E-state index >= 15 is 0 Å². The standard InChI is InChI=1S/C3H5O.C3H5/c4-3-1-2-3;1-2-3-1/h3H,1-2H2;1H,2-3H2. The molecule has 7 heavy (non-hydrogen) atoms. The fourth-order valence-corrected chi connectivity index (χ4v) is 0.0680. The molecule has 0 amide bonds. The topological polar surface area (TPSA) is 19.9 Å². The van der Waals surface area contributed by atoms with Crippen LogP contribution in [-0.2, 0) is 5.11 Å². The summed E-state index contributed by atoms with van der Waals surface area (Å²) in [5.74, 6) is 0. The van der Waals surface area contributed by atoms with Gasteiger partial charge < -0.3 is 0 Å². The Morgan fingerprint density at radius 2 is 1.57 bits per heavy atom. The first kappa shape index (κ1) is 5.10. The molecule has 1 heteroatoms. The van der Waals surface area contributed by atoms with Crippen LogP contribution < -0.4 is 0 Å². The van der Waals surface area contributed by atoms with E-state index in [1.54, 1.807) is 0 Å². The number of rotatable bonds is 0. The minimum absolute atomic E-state index is 0.167. The van der Waals surface area contributed by atoms with E-state index in [2.05, 4.69) is 6.42 Å². The van der Waals surface area contributed by atoms with E-state index in [4.69, 9.17) is 0 Å². The Bertz CT molecular complexity index is 43.4. The molecule has 0 spiro atoms. The van der Waals surface area contributed by atoms with Gasteiger partial charge in [0.15, 0.2) is 0 Å². The Kier molecular flexibility index (Phi) is 1.69. The second-order valence-corrected chi connectivity index (χ2v) is 2.07. The highest BCUT2D eigenvalue weighted by molar-refractivity contribution is 4.79. The normalized spacial score (nSPS) is 25.3. The Balaban J connectivity index is 0.0000000729. The third kappa shape index (κ3) is 5.96. The molecule has 0 unspecified atom stereocenters. The van der Waals surface area contributed by atoms with Crippen molar-refractivity contribution in [2.75, 3.05) is 0 Å². The lowest BCUT2D eigenvalue weighted by Crippen LogP contribution is -1.60. The van der Waals surface area contributed by atoms with Gasteiger partial charge in [-0.3, -0.25) is 0 Å². The molecule has 2 aliphatic rings. The molecule has 2 radical (unpaired) electrons. The van der Waals surface area contributed by atoms with Crippen LogP contribution in [0.15, 0.2) is 0 Å². The first-order valence-electron chi connectivity index (χ1n) is 2.87. The quantitative estimate of drug-likeness (QED) is 0.438. The molecule has 0 aromatic carbocycles. The molecule has 2 saturated carbocycles. The Labute approximate surface area is 44.4 Å². The van der Waals surface area contributed by atoms with Gasteiger partial charge in [-0.25, -0.2) is 5.11 Å².